The minimum atomic E-state index is 0.125. The third kappa shape index (κ3) is 3.51. The second kappa shape index (κ2) is 8.12. The molecule has 0 saturated carbocycles. The molecule has 2 aromatic heterocycles. The van der Waals surface area contributed by atoms with Crippen LogP contribution in [0.4, 0.5) is 11.8 Å². The number of piperidine rings is 1. The molecule has 8 nitrogen and oxygen atoms in total. The number of hydrogen-bond donors (Lipinski definition) is 5. The number of rotatable bonds is 3. The van der Waals surface area contributed by atoms with E-state index in [0.29, 0.717) is 5.92 Å². The highest BCUT2D eigenvalue weighted by Gasteiger charge is 2.32. The topological polar surface area (TPSA) is 101 Å². The maximum atomic E-state index is 10.3. The fourth-order valence-corrected chi connectivity index (χ4v) is 5.36. The minimum Gasteiger partial charge on any atom is -0.507 e. The van der Waals surface area contributed by atoms with Gasteiger partial charge in [-0.2, -0.15) is 0 Å². The van der Waals surface area contributed by atoms with Gasteiger partial charge in [0.2, 0.25) is 5.95 Å². The van der Waals surface area contributed by atoms with Gasteiger partial charge in [-0.3, -0.25) is 10.9 Å². The Morgan fingerprint density at radius 1 is 1.06 bits per heavy atom. The molecular weight excluding hydrogens is 414 g/mol. The molecule has 0 radical (unpaired) electrons. The van der Waals surface area contributed by atoms with Crippen LogP contribution in [0.5, 0.6) is 5.75 Å². The number of benzene rings is 1. The van der Waals surface area contributed by atoms with Gasteiger partial charge in [-0.1, -0.05) is 12.1 Å². The van der Waals surface area contributed by atoms with Crippen molar-refractivity contribution in [1.29, 1.82) is 0 Å². The van der Waals surface area contributed by atoms with Crippen molar-refractivity contribution >= 4 is 23.5 Å². The zero-order chi connectivity index (χ0) is 22.4. The van der Waals surface area contributed by atoms with Crippen LogP contribution in [0.15, 0.2) is 36.7 Å². The van der Waals surface area contributed by atoms with Crippen molar-refractivity contribution in [3.05, 3.63) is 64.6 Å². The monoisotopic (exact) mass is 443 g/mol. The number of phenols is 1. The van der Waals surface area contributed by atoms with Gasteiger partial charge in [0.15, 0.2) is 0 Å². The van der Waals surface area contributed by atoms with Crippen LogP contribution >= 0.6 is 0 Å². The first-order valence-corrected chi connectivity index (χ1v) is 11.7. The number of fused-ring (bicyclic) bond motifs is 3. The van der Waals surface area contributed by atoms with Crippen molar-refractivity contribution in [2.75, 3.05) is 30.0 Å². The largest absolute Gasteiger partial charge is 0.507 e. The van der Waals surface area contributed by atoms with E-state index in [1.807, 2.05) is 30.6 Å². The van der Waals surface area contributed by atoms with Crippen molar-refractivity contribution < 1.29 is 5.11 Å². The Bertz CT molecular complexity index is 1190. The predicted octanol–water partition coefficient (Wildman–Crippen LogP) is 3.53. The average Bonchev–Trinajstić information content (AvgIpc) is 3.24. The standard InChI is InChI=1S/C25H29N7O/c1-15-23-19-12-21(18-4-2-3-5-22(18)33)30-31-24(19)29-20(23)8-11-32(15)25-27-13-17(14-28-25)16-6-9-26-10-7-16/h2-5,12-16,26,29-31,33H,6-11H2,1H3/t15-/m0/s1. The molecule has 5 heterocycles. The fourth-order valence-electron chi connectivity index (χ4n) is 5.36. The number of aromatic hydroxyl groups is 1. The number of aromatic amines is 1. The Balaban J connectivity index is 1.30. The molecule has 1 fully saturated rings. The molecule has 3 aromatic rings. The smallest absolute Gasteiger partial charge is 0.225 e. The van der Waals surface area contributed by atoms with Gasteiger partial charge in [-0.15, -0.1) is 0 Å². The molecule has 0 bridgehead atoms. The van der Waals surface area contributed by atoms with Crippen molar-refractivity contribution in [2.45, 2.75) is 38.1 Å². The number of phenolic OH excluding ortho intramolecular Hbond substituents is 1. The SMILES string of the molecule is C[C@H]1c2c([nH]c3c2C=C(c2ccccc2O)NN3)CCN1c1ncc(C2CCNCC2)cn1. The van der Waals surface area contributed by atoms with E-state index in [1.165, 1.54) is 16.8 Å². The summed E-state index contributed by atoms with van der Waals surface area (Å²) in [4.78, 5) is 15.4. The Morgan fingerprint density at radius 2 is 1.85 bits per heavy atom. The Labute approximate surface area is 193 Å². The number of anilines is 2. The number of nitrogens with one attached hydrogen (secondary N) is 4. The second-order valence-electron chi connectivity index (χ2n) is 9.09. The Hall–Kier alpha value is -3.52. The molecule has 6 rings (SSSR count). The first kappa shape index (κ1) is 20.1. The number of hydrazine groups is 1. The van der Waals surface area contributed by atoms with Crippen LogP contribution in [-0.4, -0.2) is 39.7 Å². The molecule has 8 heteroatoms. The van der Waals surface area contributed by atoms with Crippen molar-refractivity contribution in [3.63, 3.8) is 0 Å². The molecule has 3 aliphatic rings. The summed E-state index contributed by atoms with van der Waals surface area (Å²) in [5.41, 5.74) is 12.9. The Morgan fingerprint density at radius 3 is 2.64 bits per heavy atom. The second-order valence-corrected chi connectivity index (χ2v) is 9.09. The van der Waals surface area contributed by atoms with Gasteiger partial charge in [0.1, 0.15) is 11.6 Å². The zero-order valence-electron chi connectivity index (χ0n) is 18.7. The molecule has 5 N–H and O–H groups in total. The fraction of sp³-hybridized carbons (Fsp3) is 0.360. The lowest BCUT2D eigenvalue weighted by Crippen LogP contribution is -2.35. The van der Waals surface area contributed by atoms with E-state index >= 15 is 0 Å². The summed E-state index contributed by atoms with van der Waals surface area (Å²) < 4.78 is 0. The van der Waals surface area contributed by atoms with E-state index in [1.54, 1.807) is 6.07 Å². The highest BCUT2D eigenvalue weighted by molar-refractivity contribution is 5.90. The van der Waals surface area contributed by atoms with E-state index in [0.717, 1.165) is 67.5 Å². The van der Waals surface area contributed by atoms with E-state index < -0.39 is 0 Å². The summed E-state index contributed by atoms with van der Waals surface area (Å²) >= 11 is 0. The summed E-state index contributed by atoms with van der Waals surface area (Å²) in [6.07, 6.45) is 9.34. The number of nitrogens with zero attached hydrogens (tertiary/aromatic N) is 3. The molecule has 0 amide bonds. The predicted molar refractivity (Wildman–Crippen MR) is 130 cm³/mol. The van der Waals surface area contributed by atoms with Gasteiger partial charge in [0.05, 0.1) is 11.7 Å². The molecule has 1 atom stereocenters. The molecule has 0 spiro atoms. The van der Waals surface area contributed by atoms with Crippen LogP contribution < -0.4 is 21.1 Å². The highest BCUT2D eigenvalue weighted by atomic mass is 16.3. The van der Waals surface area contributed by atoms with Crippen LogP contribution in [0.1, 0.15) is 59.7 Å². The third-order valence-corrected chi connectivity index (χ3v) is 7.18. The molecule has 170 valence electrons. The normalized spacial score (nSPS) is 20.3. The number of hydrogen-bond acceptors (Lipinski definition) is 7. The van der Waals surface area contributed by atoms with Crippen LogP contribution in [-0.2, 0) is 6.42 Å². The van der Waals surface area contributed by atoms with Crippen LogP contribution in [0.2, 0.25) is 0 Å². The Kier molecular flexibility index (Phi) is 4.95. The number of aromatic nitrogens is 3. The zero-order valence-corrected chi connectivity index (χ0v) is 18.7. The van der Waals surface area contributed by atoms with Gasteiger partial charge in [0.25, 0.3) is 0 Å². The first-order valence-electron chi connectivity index (χ1n) is 11.7. The lowest BCUT2D eigenvalue weighted by molar-refractivity contribution is 0.458. The van der Waals surface area contributed by atoms with Gasteiger partial charge >= 0.3 is 0 Å². The summed E-state index contributed by atoms with van der Waals surface area (Å²) in [6, 6.07) is 7.49. The van der Waals surface area contributed by atoms with E-state index in [-0.39, 0.29) is 11.8 Å². The lowest BCUT2D eigenvalue weighted by atomic mass is 9.92. The van der Waals surface area contributed by atoms with E-state index in [4.69, 9.17) is 9.97 Å². The quantitative estimate of drug-likeness (QED) is 0.422. The maximum Gasteiger partial charge on any atom is 0.225 e. The van der Waals surface area contributed by atoms with Gasteiger partial charge in [-0.25, -0.2) is 9.97 Å². The average molecular weight is 444 g/mol. The number of H-pyrrole nitrogens is 1. The molecule has 0 aliphatic carbocycles. The summed E-state index contributed by atoms with van der Waals surface area (Å²) in [7, 11) is 0. The van der Waals surface area contributed by atoms with Crippen LogP contribution in [0.3, 0.4) is 0 Å². The molecule has 0 unspecified atom stereocenters. The van der Waals surface area contributed by atoms with Gasteiger partial charge in [-0.05, 0) is 62.5 Å². The summed E-state index contributed by atoms with van der Waals surface area (Å²) in [5.74, 6) is 2.55. The van der Waals surface area contributed by atoms with Gasteiger partial charge in [0, 0.05) is 47.7 Å². The van der Waals surface area contributed by atoms with Crippen LogP contribution in [0, 0.1) is 0 Å². The number of para-hydroxylation sites is 1. The molecular formula is C25H29N7O. The molecule has 3 aliphatic heterocycles. The summed E-state index contributed by atoms with van der Waals surface area (Å²) in [5, 5.41) is 13.7. The van der Waals surface area contributed by atoms with E-state index in [9.17, 15) is 5.11 Å². The van der Waals surface area contributed by atoms with Crippen molar-refractivity contribution in [2.24, 2.45) is 0 Å². The lowest BCUT2D eigenvalue weighted by Gasteiger charge is -2.34. The summed E-state index contributed by atoms with van der Waals surface area (Å²) in [6.45, 7) is 5.21. The van der Waals surface area contributed by atoms with Gasteiger partial charge < -0.3 is 20.3 Å². The third-order valence-electron chi connectivity index (χ3n) is 7.18. The maximum absolute atomic E-state index is 10.3. The molecule has 33 heavy (non-hydrogen) atoms. The van der Waals surface area contributed by atoms with E-state index in [2.05, 4.69) is 39.1 Å². The highest BCUT2D eigenvalue weighted by Crippen LogP contribution is 2.41. The minimum absolute atomic E-state index is 0.125. The molecule has 1 aromatic carbocycles. The van der Waals surface area contributed by atoms with Crippen molar-refractivity contribution in [1.82, 2.24) is 25.7 Å². The van der Waals surface area contributed by atoms with Crippen LogP contribution in [0.25, 0.3) is 11.8 Å². The molecule has 1 saturated heterocycles. The van der Waals surface area contributed by atoms with Crippen molar-refractivity contribution in [3.8, 4) is 5.75 Å². The first-order chi connectivity index (χ1) is 16.2.